The Morgan fingerprint density at radius 3 is 1.15 bits per heavy atom. The van der Waals surface area contributed by atoms with Crippen molar-refractivity contribution in [3.63, 3.8) is 0 Å². The Balaban J connectivity index is 1.81. The van der Waals surface area contributed by atoms with Crippen LogP contribution in [-0.2, 0) is 13.1 Å². The molecule has 2 aliphatic rings. The normalized spacial score (nSPS) is 20.6. The molecule has 0 saturated heterocycles. The minimum atomic E-state index is -1.59. The summed E-state index contributed by atoms with van der Waals surface area (Å²) in [4.78, 5) is 0. The maximum atomic E-state index is 6.22. The Labute approximate surface area is 213 Å². The van der Waals surface area contributed by atoms with Crippen molar-refractivity contribution in [2.24, 2.45) is 0 Å². The number of benzene rings is 1. The molecule has 0 radical (unpaired) electrons. The fourth-order valence-corrected chi connectivity index (χ4v) is 10.9. The topological polar surface area (TPSA) is 6.48 Å². The third-order valence-corrected chi connectivity index (χ3v) is 12.7. The van der Waals surface area contributed by atoms with Crippen LogP contribution in [0.25, 0.3) is 0 Å². The van der Waals surface area contributed by atoms with E-state index in [2.05, 4.69) is 84.5 Å². The van der Waals surface area contributed by atoms with E-state index in [0.717, 1.165) is 38.8 Å². The van der Waals surface area contributed by atoms with Gasteiger partial charge in [-0.05, 0) is 36.8 Å². The largest absolute Gasteiger partial charge is 0.305 e. The second kappa shape index (κ2) is 10.8. The zero-order chi connectivity index (χ0) is 25.0. The smallest absolute Gasteiger partial charge is 0.121 e. The zero-order valence-electron chi connectivity index (χ0n) is 22.8. The predicted octanol–water partition coefficient (Wildman–Crippen LogP) is 7.63. The molecule has 4 heteroatoms. The van der Waals surface area contributed by atoms with Crippen molar-refractivity contribution in [1.82, 2.24) is 9.13 Å². The predicted molar refractivity (Wildman–Crippen MR) is 154 cm³/mol. The molecule has 0 unspecified atom stereocenters. The average Bonchev–Trinajstić information content (AvgIpc) is 2.81. The quantitative estimate of drug-likeness (QED) is 0.272. The molecule has 0 N–H and O–H groups in total. The SMILES string of the molecule is C#CC1(N(Cc2ccc(CN(C3(C#C)CCCCC3)[Si](C)(C)C)cc2)[Si](C)(C)C)CCCCC1. The highest BCUT2D eigenvalue weighted by atomic mass is 28.3. The molecule has 0 bridgehead atoms. The third-order valence-electron chi connectivity index (χ3n) is 8.26. The van der Waals surface area contributed by atoms with Crippen LogP contribution in [0, 0.1) is 24.7 Å². The Kier molecular flexibility index (Phi) is 8.63. The number of nitrogens with zero attached hydrogens (tertiary/aromatic N) is 2. The van der Waals surface area contributed by atoms with E-state index in [4.69, 9.17) is 12.8 Å². The molecule has 3 rings (SSSR count). The van der Waals surface area contributed by atoms with Crippen LogP contribution in [0.1, 0.15) is 75.3 Å². The summed E-state index contributed by atoms with van der Waals surface area (Å²) in [5.41, 5.74) is 2.65. The van der Waals surface area contributed by atoms with Gasteiger partial charge < -0.3 is 9.13 Å². The van der Waals surface area contributed by atoms with Gasteiger partial charge in [0.05, 0.1) is 11.1 Å². The van der Waals surface area contributed by atoms with Gasteiger partial charge in [0.25, 0.3) is 0 Å². The van der Waals surface area contributed by atoms with Gasteiger partial charge in [0.2, 0.25) is 0 Å². The van der Waals surface area contributed by atoms with Crippen LogP contribution < -0.4 is 0 Å². The first-order valence-electron chi connectivity index (χ1n) is 13.5. The molecule has 0 atom stereocenters. The van der Waals surface area contributed by atoms with Crippen molar-refractivity contribution in [1.29, 1.82) is 0 Å². The summed E-state index contributed by atoms with van der Waals surface area (Å²) in [6, 6.07) is 9.39. The minimum absolute atomic E-state index is 0.0593. The van der Waals surface area contributed by atoms with Crippen LogP contribution >= 0.6 is 0 Å². The molecule has 0 heterocycles. The minimum Gasteiger partial charge on any atom is -0.305 e. The first kappa shape index (κ1) is 27.3. The van der Waals surface area contributed by atoms with Gasteiger partial charge in [-0.25, -0.2) is 0 Å². The van der Waals surface area contributed by atoms with Gasteiger partial charge in [0.1, 0.15) is 16.5 Å². The van der Waals surface area contributed by atoms with E-state index in [-0.39, 0.29) is 11.1 Å². The van der Waals surface area contributed by atoms with Gasteiger partial charge in [0.15, 0.2) is 0 Å². The van der Waals surface area contributed by atoms with E-state index in [1.165, 1.54) is 49.7 Å². The van der Waals surface area contributed by atoms with E-state index in [1.54, 1.807) is 0 Å². The van der Waals surface area contributed by atoms with E-state index in [9.17, 15) is 0 Å². The van der Waals surface area contributed by atoms with Gasteiger partial charge in [0, 0.05) is 13.1 Å². The van der Waals surface area contributed by atoms with Crippen LogP contribution in [0.15, 0.2) is 24.3 Å². The Morgan fingerprint density at radius 2 is 0.912 bits per heavy atom. The van der Waals surface area contributed by atoms with Gasteiger partial charge in [-0.15, -0.1) is 12.8 Å². The summed E-state index contributed by atoms with van der Waals surface area (Å²) in [5, 5.41) is 0. The highest BCUT2D eigenvalue weighted by Gasteiger charge is 2.43. The number of hydrogen-bond acceptors (Lipinski definition) is 2. The van der Waals surface area contributed by atoms with Gasteiger partial charge in [-0.1, -0.05) is 114 Å². The maximum Gasteiger partial charge on any atom is 0.121 e. The summed E-state index contributed by atoms with van der Waals surface area (Å²) in [7, 11) is -3.17. The Bertz CT molecular complexity index is 805. The van der Waals surface area contributed by atoms with Crippen molar-refractivity contribution >= 4 is 16.5 Å². The molecule has 2 aliphatic carbocycles. The molecule has 1 aromatic rings. The fraction of sp³-hybridized carbons (Fsp3) is 0.667. The molecule has 2 fully saturated rings. The summed E-state index contributed by atoms with van der Waals surface area (Å²) >= 11 is 0. The summed E-state index contributed by atoms with van der Waals surface area (Å²) in [6.07, 6.45) is 24.7. The third kappa shape index (κ3) is 6.08. The second-order valence-electron chi connectivity index (χ2n) is 12.8. The molecule has 186 valence electrons. The molecule has 2 nitrogen and oxygen atoms in total. The van der Waals surface area contributed by atoms with Gasteiger partial charge in [-0.3, -0.25) is 0 Å². The van der Waals surface area contributed by atoms with Crippen molar-refractivity contribution in [2.75, 3.05) is 0 Å². The summed E-state index contributed by atoms with van der Waals surface area (Å²) < 4.78 is 5.47. The van der Waals surface area contributed by atoms with Crippen LogP contribution in [0.3, 0.4) is 0 Å². The Morgan fingerprint density at radius 1 is 0.618 bits per heavy atom. The first-order chi connectivity index (χ1) is 16.0. The lowest BCUT2D eigenvalue weighted by molar-refractivity contribution is 0.172. The lowest BCUT2D eigenvalue weighted by Gasteiger charge is -2.50. The molecule has 34 heavy (non-hydrogen) atoms. The fourth-order valence-electron chi connectivity index (χ4n) is 6.43. The van der Waals surface area contributed by atoms with Crippen LogP contribution in [0.5, 0.6) is 0 Å². The lowest BCUT2D eigenvalue weighted by atomic mass is 9.82. The Hall–Kier alpha value is -1.31. The second-order valence-corrected chi connectivity index (χ2v) is 22.6. The summed E-state index contributed by atoms with van der Waals surface area (Å²) in [5.74, 6) is 6.57. The monoisotopic (exact) mass is 492 g/mol. The molecule has 0 amide bonds. The van der Waals surface area contributed by atoms with Gasteiger partial charge >= 0.3 is 0 Å². The highest BCUT2D eigenvalue weighted by molar-refractivity contribution is 6.73. The maximum absolute atomic E-state index is 6.22. The van der Waals surface area contributed by atoms with Crippen LogP contribution in [0.4, 0.5) is 0 Å². The molecule has 1 aromatic carbocycles. The van der Waals surface area contributed by atoms with Crippen LogP contribution in [0.2, 0.25) is 39.3 Å². The lowest BCUT2D eigenvalue weighted by Crippen LogP contribution is -2.59. The zero-order valence-corrected chi connectivity index (χ0v) is 24.8. The van der Waals surface area contributed by atoms with E-state index in [1.807, 2.05) is 0 Å². The highest BCUT2D eigenvalue weighted by Crippen LogP contribution is 2.39. The van der Waals surface area contributed by atoms with E-state index in [0.29, 0.717) is 0 Å². The molecular formula is C30H48N2Si2. The molecule has 0 aromatic heterocycles. The average molecular weight is 493 g/mol. The first-order valence-corrected chi connectivity index (χ1v) is 20.4. The molecular weight excluding hydrogens is 445 g/mol. The van der Waals surface area contributed by atoms with E-state index < -0.39 is 16.5 Å². The van der Waals surface area contributed by atoms with Gasteiger partial charge in [-0.2, -0.15) is 0 Å². The number of hydrogen-bond donors (Lipinski definition) is 0. The van der Waals surface area contributed by atoms with Crippen LogP contribution in [-0.4, -0.2) is 36.7 Å². The van der Waals surface area contributed by atoms with Crippen molar-refractivity contribution in [3.8, 4) is 24.7 Å². The molecule has 2 saturated carbocycles. The number of terminal acetylenes is 2. The van der Waals surface area contributed by atoms with Crippen molar-refractivity contribution < 1.29 is 0 Å². The van der Waals surface area contributed by atoms with E-state index >= 15 is 0 Å². The molecule has 0 aliphatic heterocycles. The summed E-state index contributed by atoms with van der Waals surface area (Å²) in [6.45, 7) is 16.6. The number of rotatable bonds is 8. The molecule has 0 spiro atoms. The standard InChI is InChI=1S/C30H48N2Si2/c1-9-29(21-13-11-14-22-29)31(33(3,4)5)25-27-17-19-28(20-18-27)26-32(34(6,7)8)30(10-2)23-15-12-16-24-30/h1-2,17-20H,11-16,21-26H2,3-8H3. The van der Waals surface area contributed by atoms with Crippen molar-refractivity contribution in [2.45, 2.75) is 128 Å². The van der Waals surface area contributed by atoms with Crippen molar-refractivity contribution in [3.05, 3.63) is 35.4 Å².